The van der Waals surface area contributed by atoms with Gasteiger partial charge in [0.2, 0.25) is 17.7 Å². The van der Waals surface area contributed by atoms with Crippen LogP contribution in [0.3, 0.4) is 0 Å². The van der Waals surface area contributed by atoms with Gasteiger partial charge in [0.15, 0.2) is 0 Å². The van der Waals surface area contributed by atoms with Gasteiger partial charge in [0.25, 0.3) is 5.91 Å². The minimum Gasteiger partial charge on any atom is -0.508 e. The number of ether oxygens (including phenoxy) is 4. The van der Waals surface area contributed by atoms with Crippen LogP contribution in [0.4, 0.5) is 4.79 Å². The molecule has 1 aliphatic heterocycles. The Morgan fingerprint density at radius 3 is 2.25 bits per heavy atom. The summed E-state index contributed by atoms with van der Waals surface area (Å²) in [6, 6.07) is 4.84. The Bertz CT molecular complexity index is 1780. The number of likely N-dealkylation sites (N-methyl/N-ethyl adjacent to an activating group) is 1. The van der Waals surface area contributed by atoms with Gasteiger partial charge in [0, 0.05) is 49.5 Å². The van der Waals surface area contributed by atoms with Crippen molar-refractivity contribution in [1.82, 2.24) is 36.3 Å². The van der Waals surface area contributed by atoms with Crippen LogP contribution in [0, 0.1) is 17.8 Å². The Balaban J connectivity index is 1.76. The molecule has 1 unspecified atom stereocenters. The van der Waals surface area contributed by atoms with Gasteiger partial charge in [-0.2, -0.15) is 0 Å². The molecule has 0 radical (unpaired) electrons. The second kappa shape index (κ2) is 30.9. The summed E-state index contributed by atoms with van der Waals surface area (Å²) in [6.07, 6.45) is 4.56. The molecule has 7 N–H and O–H groups in total. The number of hydrogen-bond acceptors (Lipinski definition) is 14. The van der Waals surface area contributed by atoms with Crippen LogP contribution in [-0.4, -0.2) is 140 Å². The maximum absolute atomic E-state index is 14.7. The van der Waals surface area contributed by atoms with Crippen LogP contribution in [-0.2, 0) is 39.8 Å². The summed E-state index contributed by atoms with van der Waals surface area (Å²) in [5.41, 5.74) is 11.0. The first-order valence-electron chi connectivity index (χ1n) is 24.2. The summed E-state index contributed by atoms with van der Waals surface area (Å²) in [5, 5.41) is 18.4. The average molecular weight is 961 g/mol. The molecule has 1 aliphatic rings. The zero-order chi connectivity index (χ0) is 49.3. The van der Waals surface area contributed by atoms with Gasteiger partial charge in [-0.1, -0.05) is 73.4 Å². The van der Waals surface area contributed by atoms with Crippen molar-refractivity contribution in [2.75, 3.05) is 66.3 Å². The van der Waals surface area contributed by atoms with Gasteiger partial charge in [0.1, 0.15) is 35.2 Å². The van der Waals surface area contributed by atoms with Crippen LogP contribution in [0.5, 0.6) is 5.75 Å². The van der Waals surface area contributed by atoms with Gasteiger partial charge >= 0.3 is 6.09 Å². The second-order valence-electron chi connectivity index (χ2n) is 17.8. The molecule has 0 bridgehead atoms. The molecule has 1 saturated heterocycles. The largest absolute Gasteiger partial charge is 0.508 e. The molecule has 1 aromatic carbocycles. The first-order chi connectivity index (χ1) is 32.1. The van der Waals surface area contributed by atoms with E-state index in [9.17, 15) is 29.1 Å². The fourth-order valence-electron chi connectivity index (χ4n) is 7.99. The van der Waals surface area contributed by atoms with E-state index in [1.165, 1.54) is 11.3 Å². The Labute approximate surface area is 402 Å². The number of nitrogens with zero attached hydrogens (tertiary/aromatic N) is 3. The summed E-state index contributed by atoms with van der Waals surface area (Å²) in [7, 11) is 1.97. The van der Waals surface area contributed by atoms with Gasteiger partial charge in [-0.05, 0) is 81.6 Å². The molecule has 0 spiro atoms. The van der Waals surface area contributed by atoms with E-state index in [4.69, 9.17) is 29.7 Å². The Morgan fingerprint density at radius 2 is 1.61 bits per heavy atom. The normalized spacial score (nSPS) is 16.8. The summed E-state index contributed by atoms with van der Waals surface area (Å²) in [5.74, 6) is -1.77. The van der Waals surface area contributed by atoms with E-state index in [0.29, 0.717) is 57.4 Å². The number of carbonyl (C=O) groups is 5. The number of rotatable bonds is 30. The van der Waals surface area contributed by atoms with E-state index in [-0.39, 0.29) is 66.8 Å². The van der Waals surface area contributed by atoms with Crippen molar-refractivity contribution in [3.8, 4) is 5.75 Å². The number of hydrazine groups is 1. The number of benzene rings is 1. The lowest BCUT2D eigenvalue weighted by Gasteiger charge is -2.40. The molecule has 0 saturated carbocycles. The third-order valence-corrected chi connectivity index (χ3v) is 12.9. The molecule has 2 aromatic rings. The van der Waals surface area contributed by atoms with E-state index in [2.05, 4.69) is 40.2 Å². The standard InChI is InChI=1S/C48H80N8O10S/c1-9-20-56(47(61)42(33(6)11-3)52-45(60)39-14-12-13-21-55(39)8)40(32(4)5)30-41(65-22-10-2)46-51-38(31-67-46)44(59)50-36(29-35-15-17-37(57)18-16-35)28-34(7)43(58)53-54-48(62)66-27-26-64-25-24-63-23-19-49/h15-18,31-34,36,39-42,57H,9-14,19-30,49H2,1-8H3,(H,50,59)(H,52,60)(H,53,58)(H,54,62)/t33-,34-,36?,39+,40+,41+,42-/m0/s1. The number of nitrogens with two attached hydrogens (primary N) is 1. The number of thiazole rings is 1. The molecule has 18 nitrogen and oxygen atoms in total. The van der Waals surface area contributed by atoms with Crippen LogP contribution in [0.1, 0.15) is 127 Å². The van der Waals surface area contributed by atoms with Crippen LogP contribution in [0.2, 0.25) is 0 Å². The summed E-state index contributed by atoms with van der Waals surface area (Å²) in [6.45, 7) is 17.4. The van der Waals surface area contributed by atoms with Gasteiger partial charge in [-0.15, -0.1) is 11.3 Å². The van der Waals surface area contributed by atoms with Gasteiger partial charge in [-0.3, -0.25) is 29.5 Å². The third-order valence-electron chi connectivity index (χ3n) is 12.0. The van der Waals surface area contributed by atoms with Crippen molar-refractivity contribution in [1.29, 1.82) is 0 Å². The van der Waals surface area contributed by atoms with Crippen molar-refractivity contribution in [2.24, 2.45) is 23.5 Å². The van der Waals surface area contributed by atoms with Crippen LogP contribution in [0.15, 0.2) is 29.6 Å². The minimum absolute atomic E-state index is 0.0293. The zero-order valence-electron chi connectivity index (χ0n) is 41.2. The fourth-order valence-corrected chi connectivity index (χ4v) is 8.85. The molecule has 0 aliphatic carbocycles. The lowest BCUT2D eigenvalue weighted by molar-refractivity contribution is -0.143. The maximum Gasteiger partial charge on any atom is 0.426 e. The van der Waals surface area contributed by atoms with Crippen LogP contribution in [0.25, 0.3) is 0 Å². The lowest BCUT2D eigenvalue weighted by atomic mass is 9.92. The monoisotopic (exact) mass is 961 g/mol. The SMILES string of the molecule is CCCO[C@H](C[C@H](C(C)C)N(CCC)C(=O)[C@@H](NC(=O)[C@H]1CCCCN1C)[C@@H](C)CC)c1nc(C(=O)NC(Cc2ccc(O)cc2)C[C@H](C)C(=O)NNC(=O)OCCOCCOCCN)cs1. The fraction of sp³-hybridized carbons (Fsp3) is 0.708. The number of aromatic nitrogens is 1. The Kier molecular flexibility index (Phi) is 26.2. The Hall–Kier alpha value is -4.40. The lowest BCUT2D eigenvalue weighted by Crippen LogP contribution is -2.58. The molecular weight excluding hydrogens is 881 g/mol. The molecule has 19 heteroatoms. The van der Waals surface area contributed by atoms with Crippen molar-refractivity contribution in [2.45, 2.75) is 137 Å². The second-order valence-corrected chi connectivity index (χ2v) is 18.7. The summed E-state index contributed by atoms with van der Waals surface area (Å²) < 4.78 is 22.1. The average Bonchev–Trinajstić information content (AvgIpc) is 3.81. The van der Waals surface area contributed by atoms with E-state index >= 15 is 0 Å². The first-order valence-corrected chi connectivity index (χ1v) is 25.1. The van der Waals surface area contributed by atoms with Crippen molar-refractivity contribution < 1.29 is 48.0 Å². The van der Waals surface area contributed by atoms with Crippen LogP contribution >= 0.6 is 11.3 Å². The van der Waals surface area contributed by atoms with E-state index < -0.39 is 42.0 Å². The molecule has 7 atom stereocenters. The summed E-state index contributed by atoms with van der Waals surface area (Å²) in [4.78, 5) is 76.6. The number of piperidine rings is 1. The number of likely N-dealkylation sites (tertiary alicyclic amines) is 1. The number of carbonyl (C=O) groups excluding carboxylic acids is 5. The molecule has 2 heterocycles. The molecule has 378 valence electrons. The number of aromatic hydroxyl groups is 1. The zero-order valence-corrected chi connectivity index (χ0v) is 42.0. The summed E-state index contributed by atoms with van der Waals surface area (Å²) >= 11 is 1.31. The molecule has 5 amide bonds. The van der Waals surface area contributed by atoms with E-state index in [0.717, 1.165) is 50.6 Å². The predicted molar refractivity (Wildman–Crippen MR) is 258 cm³/mol. The molecule has 1 fully saturated rings. The number of amides is 5. The highest BCUT2D eigenvalue weighted by Gasteiger charge is 2.38. The van der Waals surface area contributed by atoms with Gasteiger partial charge in [0.05, 0.1) is 32.5 Å². The topological polar surface area (TPSA) is 236 Å². The quantitative estimate of drug-likeness (QED) is 0.0442. The highest BCUT2D eigenvalue weighted by atomic mass is 32.1. The van der Waals surface area contributed by atoms with Gasteiger partial charge in [-0.25, -0.2) is 15.2 Å². The van der Waals surface area contributed by atoms with Crippen molar-refractivity contribution in [3.63, 3.8) is 0 Å². The predicted octanol–water partition coefficient (Wildman–Crippen LogP) is 5.10. The highest BCUT2D eigenvalue weighted by Crippen LogP contribution is 2.32. The highest BCUT2D eigenvalue weighted by molar-refractivity contribution is 7.09. The van der Waals surface area contributed by atoms with E-state index in [1.54, 1.807) is 36.6 Å². The number of hydrogen-bond donors (Lipinski definition) is 6. The maximum atomic E-state index is 14.7. The van der Waals surface area contributed by atoms with Crippen LogP contribution < -0.4 is 27.2 Å². The van der Waals surface area contributed by atoms with E-state index in [1.807, 2.05) is 39.6 Å². The number of phenolic OH excluding ortho intramolecular Hbond substituents is 1. The first kappa shape index (κ1) is 56.9. The van der Waals surface area contributed by atoms with Gasteiger partial charge < -0.3 is 45.3 Å². The number of nitrogens with one attached hydrogen (secondary N) is 4. The molecule has 67 heavy (non-hydrogen) atoms. The molecule has 1 aromatic heterocycles. The minimum atomic E-state index is -0.857. The molecule has 3 rings (SSSR count). The Morgan fingerprint density at radius 1 is 0.910 bits per heavy atom. The van der Waals surface area contributed by atoms with Crippen molar-refractivity contribution in [3.05, 3.63) is 45.9 Å². The molecular formula is C48H80N8O10S. The smallest absolute Gasteiger partial charge is 0.426 e. The number of phenols is 1. The van der Waals surface area contributed by atoms with Crippen molar-refractivity contribution >= 4 is 41.1 Å². The third kappa shape index (κ3) is 19.6.